The van der Waals surface area contributed by atoms with Gasteiger partial charge >= 0.3 is 0 Å². The fourth-order valence-corrected chi connectivity index (χ4v) is 3.82. The molecule has 1 unspecified atom stereocenters. The van der Waals surface area contributed by atoms with E-state index >= 15 is 4.39 Å². The van der Waals surface area contributed by atoms with Gasteiger partial charge in [0.1, 0.15) is 12.1 Å². The Morgan fingerprint density at radius 2 is 1.83 bits per heavy atom. The number of hydrogen-bond donors (Lipinski definition) is 1. The molecule has 2 fully saturated rings. The number of morpholine rings is 1. The Labute approximate surface area is 176 Å². The number of carbonyl (C=O) groups is 2. The first-order chi connectivity index (χ1) is 14.1. The normalized spacial score (nSPS) is 25.6. The summed E-state index contributed by atoms with van der Waals surface area (Å²) < 4.78 is 33.0. The predicted octanol–water partition coefficient (Wildman–Crippen LogP) is 2.83. The van der Waals surface area contributed by atoms with E-state index in [-0.39, 0.29) is 23.2 Å². The zero-order chi connectivity index (χ0) is 22.1. The quantitative estimate of drug-likeness (QED) is 0.736. The van der Waals surface area contributed by atoms with Crippen molar-refractivity contribution in [3.8, 4) is 0 Å². The number of ether oxygens (including phenoxy) is 3. The molecule has 0 saturated carbocycles. The van der Waals surface area contributed by atoms with E-state index in [9.17, 15) is 9.59 Å². The molecule has 2 saturated heterocycles. The van der Waals surface area contributed by atoms with Crippen LogP contribution in [0, 0.1) is 11.2 Å². The molecule has 1 aromatic carbocycles. The molecule has 0 aliphatic carbocycles. The number of rotatable bonds is 5. The number of carbonyl (C=O) groups excluding carboxylic acids is 2. The van der Waals surface area contributed by atoms with E-state index in [1.54, 1.807) is 13.0 Å². The summed E-state index contributed by atoms with van der Waals surface area (Å²) in [6.07, 6.45) is -0.295. The largest absolute Gasteiger partial charge is 0.372 e. The van der Waals surface area contributed by atoms with Crippen LogP contribution in [-0.4, -0.2) is 56.7 Å². The van der Waals surface area contributed by atoms with Gasteiger partial charge in [-0.1, -0.05) is 13.8 Å². The van der Waals surface area contributed by atoms with Crippen LogP contribution < -0.4 is 10.2 Å². The first kappa shape index (κ1) is 22.7. The average molecular weight is 422 g/mol. The zero-order valence-corrected chi connectivity index (χ0v) is 18.2. The molecule has 3 rings (SSSR count). The Bertz CT molecular complexity index is 780. The van der Waals surface area contributed by atoms with E-state index in [0.29, 0.717) is 43.8 Å². The van der Waals surface area contributed by atoms with Crippen molar-refractivity contribution >= 4 is 17.9 Å². The standard InChI is InChI=1S/C22H31FN2O5/c1-13(10-26)24-20(27)16-6-17(21-28-11-22(4,5)12-29-21)19(18(23)7-16)25-8-14(2)30-15(3)9-25/h6-7,10,13-15,21H,8-9,11-12H2,1-5H3,(H,24,27)/t13?,14-,15-/m1/s1. The van der Waals surface area contributed by atoms with Crippen molar-refractivity contribution in [3.05, 3.63) is 29.1 Å². The minimum absolute atomic E-state index is 0.0652. The van der Waals surface area contributed by atoms with E-state index in [1.807, 2.05) is 32.6 Å². The van der Waals surface area contributed by atoms with Crippen molar-refractivity contribution in [3.63, 3.8) is 0 Å². The molecule has 2 aliphatic rings. The highest BCUT2D eigenvalue weighted by Gasteiger charge is 2.34. The SMILES string of the molecule is CC(C=O)NC(=O)c1cc(F)c(N2C[C@@H](C)O[C@H](C)C2)c(C2OCC(C)(C)CO2)c1. The second-order valence-electron chi connectivity index (χ2n) is 9.07. The Morgan fingerprint density at radius 3 is 2.40 bits per heavy atom. The van der Waals surface area contributed by atoms with Crippen LogP contribution in [0.1, 0.15) is 56.8 Å². The van der Waals surface area contributed by atoms with Gasteiger partial charge in [0, 0.05) is 29.6 Å². The number of anilines is 1. The molecule has 0 bridgehead atoms. The smallest absolute Gasteiger partial charge is 0.251 e. The van der Waals surface area contributed by atoms with Crippen LogP contribution in [0.3, 0.4) is 0 Å². The highest BCUT2D eigenvalue weighted by atomic mass is 19.1. The molecule has 1 N–H and O–H groups in total. The molecular weight excluding hydrogens is 391 g/mol. The van der Waals surface area contributed by atoms with E-state index in [4.69, 9.17) is 14.2 Å². The van der Waals surface area contributed by atoms with Crippen LogP contribution in [0.4, 0.5) is 10.1 Å². The highest BCUT2D eigenvalue weighted by molar-refractivity contribution is 5.96. The topological polar surface area (TPSA) is 77.1 Å². The van der Waals surface area contributed by atoms with Crippen LogP contribution in [-0.2, 0) is 19.0 Å². The van der Waals surface area contributed by atoms with Crippen LogP contribution in [0.5, 0.6) is 0 Å². The molecule has 1 amide bonds. The van der Waals surface area contributed by atoms with Crippen molar-refractivity contribution in [1.29, 1.82) is 0 Å². The van der Waals surface area contributed by atoms with Gasteiger partial charge in [-0.25, -0.2) is 4.39 Å². The summed E-state index contributed by atoms with van der Waals surface area (Å²) in [4.78, 5) is 25.4. The fraction of sp³-hybridized carbons (Fsp3) is 0.636. The number of halogens is 1. The van der Waals surface area contributed by atoms with E-state index in [0.717, 1.165) is 0 Å². The van der Waals surface area contributed by atoms with Crippen LogP contribution in [0.15, 0.2) is 12.1 Å². The lowest BCUT2D eigenvalue weighted by molar-refractivity contribution is -0.226. The zero-order valence-electron chi connectivity index (χ0n) is 18.2. The molecule has 0 spiro atoms. The molecule has 8 heteroatoms. The summed E-state index contributed by atoms with van der Waals surface area (Å²) in [5.41, 5.74) is 0.801. The Balaban J connectivity index is 2.00. The lowest BCUT2D eigenvalue weighted by Gasteiger charge is -2.40. The summed E-state index contributed by atoms with van der Waals surface area (Å²) >= 11 is 0. The van der Waals surface area contributed by atoms with E-state index in [1.165, 1.54) is 6.07 Å². The number of benzene rings is 1. The molecule has 3 atom stereocenters. The second kappa shape index (κ2) is 8.99. The fourth-order valence-electron chi connectivity index (χ4n) is 3.82. The summed E-state index contributed by atoms with van der Waals surface area (Å²) in [5, 5.41) is 2.54. The van der Waals surface area contributed by atoms with Crippen molar-refractivity contribution < 1.29 is 28.2 Å². The third kappa shape index (κ3) is 5.17. The summed E-state index contributed by atoms with van der Waals surface area (Å²) in [6.45, 7) is 11.4. The van der Waals surface area contributed by atoms with Gasteiger partial charge in [-0.2, -0.15) is 0 Å². The van der Waals surface area contributed by atoms with Crippen molar-refractivity contribution in [2.24, 2.45) is 5.41 Å². The first-order valence-electron chi connectivity index (χ1n) is 10.3. The highest BCUT2D eigenvalue weighted by Crippen LogP contribution is 2.38. The Kier molecular flexibility index (Phi) is 6.79. The number of aldehydes is 1. The average Bonchev–Trinajstić information content (AvgIpc) is 2.66. The summed E-state index contributed by atoms with van der Waals surface area (Å²) in [7, 11) is 0. The minimum Gasteiger partial charge on any atom is -0.372 e. The van der Waals surface area contributed by atoms with Crippen molar-refractivity contribution in [2.75, 3.05) is 31.2 Å². The van der Waals surface area contributed by atoms with Gasteiger partial charge in [0.2, 0.25) is 0 Å². The van der Waals surface area contributed by atoms with Gasteiger partial charge in [0.15, 0.2) is 6.29 Å². The van der Waals surface area contributed by atoms with Gasteiger partial charge in [-0.3, -0.25) is 4.79 Å². The van der Waals surface area contributed by atoms with Gasteiger partial charge in [0.25, 0.3) is 5.91 Å². The lowest BCUT2D eigenvalue weighted by atomic mass is 9.95. The number of hydrogen-bond acceptors (Lipinski definition) is 6. The molecule has 0 aromatic heterocycles. The summed E-state index contributed by atoms with van der Waals surface area (Å²) in [5.74, 6) is -1.06. The number of amides is 1. The van der Waals surface area contributed by atoms with Gasteiger partial charge in [-0.05, 0) is 32.9 Å². The van der Waals surface area contributed by atoms with Gasteiger partial charge in [0.05, 0.1) is 37.2 Å². The van der Waals surface area contributed by atoms with E-state index < -0.39 is 24.1 Å². The monoisotopic (exact) mass is 422 g/mol. The molecule has 7 nitrogen and oxygen atoms in total. The van der Waals surface area contributed by atoms with Gasteiger partial charge < -0.3 is 29.2 Å². The number of nitrogens with zero attached hydrogens (tertiary/aromatic N) is 1. The molecule has 0 radical (unpaired) electrons. The maximum atomic E-state index is 15.4. The maximum Gasteiger partial charge on any atom is 0.251 e. The number of nitrogens with one attached hydrogen (secondary N) is 1. The van der Waals surface area contributed by atoms with E-state index in [2.05, 4.69) is 5.32 Å². The second-order valence-corrected chi connectivity index (χ2v) is 9.07. The Morgan fingerprint density at radius 1 is 1.23 bits per heavy atom. The Hall–Kier alpha value is -2.03. The third-order valence-electron chi connectivity index (χ3n) is 5.16. The molecule has 1 aromatic rings. The maximum absolute atomic E-state index is 15.4. The molecule has 2 heterocycles. The first-order valence-corrected chi connectivity index (χ1v) is 10.3. The van der Waals surface area contributed by atoms with Gasteiger partial charge in [-0.15, -0.1) is 0 Å². The third-order valence-corrected chi connectivity index (χ3v) is 5.16. The van der Waals surface area contributed by atoms with Crippen LogP contribution >= 0.6 is 0 Å². The van der Waals surface area contributed by atoms with Crippen LogP contribution in [0.2, 0.25) is 0 Å². The molecular formula is C22H31FN2O5. The molecule has 2 aliphatic heterocycles. The summed E-state index contributed by atoms with van der Waals surface area (Å²) in [6, 6.07) is 2.12. The molecule has 30 heavy (non-hydrogen) atoms. The predicted molar refractivity (Wildman–Crippen MR) is 110 cm³/mol. The van der Waals surface area contributed by atoms with Crippen molar-refractivity contribution in [2.45, 2.75) is 59.2 Å². The lowest BCUT2D eigenvalue weighted by Crippen LogP contribution is -2.46. The van der Waals surface area contributed by atoms with Crippen molar-refractivity contribution in [1.82, 2.24) is 5.32 Å². The molecule has 166 valence electrons. The minimum atomic E-state index is -0.785. The van der Waals surface area contributed by atoms with Crippen LogP contribution in [0.25, 0.3) is 0 Å².